The van der Waals surface area contributed by atoms with Crippen LogP contribution < -0.4 is 18.9 Å². The lowest BCUT2D eigenvalue weighted by Crippen LogP contribution is -2.35. The minimum Gasteiger partial charge on any atom is -0.493 e. The number of fused-ring (bicyclic) bond motifs is 1. The summed E-state index contributed by atoms with van der Waals surface area (Å²) in [6, 6.07) is 16.1. The fourth-order valence-electron chi connectivity index (χ4n) is 4.86. The second kappa shape index (κ2) is 13.2. The lowest BCUT2D eigenvalue weighted by Gasteiger charge is -2.30. The third-order valence-electron chi connectivity index (χ3n) is 6.84. The molecular weight excluding hydrogens is 532 g/mol. The summed E-state index contributed by atoms with van der Waals surface area (Å²) in [5.41, 5.74) is 1.18. The van der Waals surface area contributed by atoms with E-state index in [1.165, 1.54) is 43.0 Å². The maximum atomic E-state index is 15.0. The summed E-state index contributed by atoms with van der Waals surface area (Å²) in [6.45, 7) is 6.21. The lowest BCUT2D eigenvalue weighted by molar-refractivity contribution is 0.169. The summed E-state index contributed by atoms with van der Waals surface area (Å²) >= 11 is 1.19. The number of methoxy groups -OCH3 is 1. The molecule has 3 aromatic carbocycles. The fraction of sp³-hybridized carbons (Fsp3) is 0.323. The highest BCUT2D eigenvalue weighted by atomic mass is 32.2. The van der Waals surface area contributed by atoms with E-state index in [1.807, 2.05) is 12.1 Å². The molecule has 2 heterocycles. The van der Waals surface area contributed by atoms with E-state index in [2.05, 4.69) is 21.5 Å². The number of hydrogen-bond acceptors (Lipinski definition) is 7. The maximum absolute atomic E-state index is 15.0. The van der Waals surface area contributed by atoms with E-state index < -0.39 is 5.82 Å². The minimum atomic E-state index is -0.537. The van der Waals surface area contributed by atoms with Crippen LogP contribution in [-0.4, -0.2) is 43.2 Å². The largest absolute Gasteiger partial charge is 0.493 e. The van der Waals surface area contributed by atoms with Crippen LogP contribution in [0.1, 0.15) is 26.2 Å². The smallest absolute Gasteiger partial charge is 0.167 e. The monoisotopic (exact) mass is 565 g/mol. The van der Waals surface area contributed by atoms with Crippen LogP contribution in [0.15, 0.2) is 71.8 Å². The predicted molar refractivity (Wildman–Crippen MR) is 156 cm³/mol. The Hall–Kier alpha value is -3.56. The van der Waals surface area contributed by atoms with Gasteiger partial charge in [-0.1, -0.05) is 13.0 Å². The molecule has 9 heteroatoms. The summed E-state index contributed by atoms with van der Waals surface area (Å²) in [7, 11) is 1.59. The van der Waals surface area contributed by atoms with Gasteiger partial charge in [0.05, 0.1) is 19.2 Å². The Labute approximate surface area is 237 Å². The first-order valence-corrected chi connectivity index (χ1v) is 14.3. The number of piperidine rings is 1. The molecular formula is C31H33F2N3O3S. The van der Waals surface area contributed by atoms with Crippen molar-refractivity contribution in [3.05, 3.63) is 78.5 Å². The van der Waals surface area contributed by atoms with Gasteiger partial charge in [-0.2, -0.15) is 0 Å². The summed E-state index contributed by atoms with van der Waals surface area (Å²) in [5, 5.41) is 0.678. The first-order valence-electron chi connectivity index (χ1n) is 13.5. The fourth-order valence-corrected chi connectivity index (χ4v) is 5.54. The van der Waals surface area contributed by atoms with Crippen molar-refractivity contribution in [2.45, 2.75) is 31.1 Å². The van der Waals surface area contributed by atoms with Crippen molar-refractivity contribution in [1.29, 1.82) is 0 Å². The van der Waals surface area contributed by atoms with Gasteiger partial charge in [0, 0.05) is 47.4 Å². The zero-order valence-corrected chi connectivity index (χ0v) is 23.5. The second-order valence-electron chi connectivity index (χ2n) is 9.99. The number of benzene rings is 3. The van der Waals surface area contributed by atoms with Crippen LogP contribution in [0.2, 0.25) is 0 Å². The van der Waals surface area contributed by atoms with E-state index in [9.17, 15) is 8.78 Å². The highest BCUT2D eigenvalue weighted by Gasteiger charge is 2.17. The number of hydrogen-bond donors (Lipinski definition) is 1. The molecule has 5 rings (SSSR count). The lowest BCUT2D eigenvalue weighted by atomic mass is 10.0. The third-order valence-corrected chi connectivity index (χ3v) is 7.67. The van der Waals surface area contributed by atoms with Crippen molar-refractivity contribution in [3.63, 3.8) is 0 Å². The van der Waals surface area contributed by atoms with E-state index in [0.717, 1.165) is 32.0 Å². The van der Waals surface area contributed by atoms with Crippen molar-refractivity contribution in [1.82, 2.24) is 9.88 Å². The molecule has 1 aliphatic heterocycles. The number of pyridine rings is 1. The number of nitrogens with zero attached hydrogens (tertiary/aromatic N) is 2. The molecule has 1 fully saturated rings. The molecule has 1 saturated heterocycles. The number of likely N-dealkylation sites (tertiary alicyclic amines) is 1. The SMILES string of the molecule is COc1cc2c(Oc3ccc(NSc4cccc(F)c4)cc3F)ccnc2cc1OCCCN1CCCC(C)C1. The van der Waals surface area contributed by atoms with Gasteiger partial charge in [0.15, 0.2) is 23.1 Å². The molecule has 4 aromatic rings. The van der Waals surface area contributed by atoms with Crippen LogP contribution in [0.5, 0.6) is 23.0 Å². The van der Waals surface area contributed by atoms with E-state index in [4.69, 9.17) is 14.2 Å². The number of rotatable bonds is 11. The molecule has 210 valence electrons. The summed E-state index contributed by atoms with van der Waals surface area (Å²) < 4.78 is 49.0. The Morgan fingerprint density at radius 2 is 1.93 bits per heavy atom. The third kappa shape index (κ3) is 7.14. The van der Waals surface area contributed by atoms with Gasteiger partial charge in [-0.05, 0) is 86.1 Å². The molecule has 1 aromatic heterocycles. The quantitative estimate of drug-likeness (QED) is 0.146. The van der Waals surface area contributed by atoms with Crippen molar-refractivity contribution in [2.24, 2.45) is 5.92 Å². The standard InChI is InChI=1S/C31H33F2N3O3S/c1-21-6-4-13-36(20-21)14-5-15-38-31-19-27-25(18-30(31)37-2)28(11-12-34-27)39-29-10-9-23(17-26(29)33)35-40-24-8-3-7-22(32)16-24/h3,7-12,16-19,21,35H,4-6,13-15,20H2,1-2H3. The molecule has 1 unspecified atom stereocenters. The van der Waals surface area contributed by atoms with Crippen LogP contribution in [-0.2, 0) is 0 Å². The Balaban J connectivity index is 1.24. The maximum Gasteiger partial charge on any atom is 0.167 e. The van der Waals surface area contributed by atoms with Gasteiger partial charge >= 0.3 is 0 Å². The molecule has 0 radical (unpaired) electrons. The summed E-state index contributed by atoms with van der Waals surface area (Å²) in [5.74, 6) is 1.58. The summed E-state index contributed by atoms with van der Waals surface area (Å²) in [6.07, 6.45) is 5.12. The minimum absolute atomic E-state index is 0.0696. The van der Waals surface area contributed by atoms with Crippen LogP contribution in [0.4, 0.5) is 14.5 Å². The molecule has 40 heavy (non-hydrogen) atoms. The molecule has 0 amide bonds. The van der Waals surface area contributed by atoms with Crippen molar-refractivity contribution >= 4 is 28.5 Å². The van der Waals surface area contributed by atoms with Gasteiger partial charge in [0.2, 0.25) is 0 Å². The molecule has 1 N–H and O–H groups in total. The molecule has 0 bridgehead atoms. The Morgan fingerprint density at radius 1 is 1.02 bits per heavy atom. The molecule has 6 nitrogen and oxygen atoms in total. The number of anilines is 1. The van der Waals surface area contributed by atoms with Gasteiger partial charge in [0.25, 0.3) is 0 Å². The van der Waals surface area contributed by atoms with E-state index >= 15 is 0 Å². The first kappa shape index (κ1) is 28.0. The van der Waals surface area contributed by atoms with Crippen molar-refractivity contribution in [2.75, 3.05) is 38.1 Å². The second-order valence-corrected chi connectivity index (χ2v) is 10.9. The van der Waals surface area contributed by atoms with Crippen molar-refractivity contribution in [3.8, 4) is 23.0 Å². The van der Waals surface area contributed by atoms with E-state index in [0.29, 0.717) is 45.3 Å². The number of halogens is 2. The molecule has 0 aliphatic carbocycles. The van der Waals surface area contributed by atoms with Gasteiger partial charge < -0.3 is 23.8 Å². The number of nitrogens with one attached hydrogen (secondary N) is 1. The van der Waals surface area contributed by atoms with Gasteiger partial charge in [0.1, 0.15) is 11.6 Å². The predicted octanol–water partition coefficient (Wildman–Crippen LogP) is 7.93. The van der Waals surface area contributed by atoms with E-state index in [1.54, 1.807) is 43.6 Å². The molecule has 1 aliphatic rings. The number of ether oxygens (including phenoxy) is 3. The highest BCUT2D eigenvalue weighted by molar-refractivity contribution is 8.00. The average molecular weight is 566 g/mol. The van der Waals surface area contributed by atoms with Crippen LogP contribution in [0.3, 0.4) is 0 Å². The first-order chi connectivity index (χ1) is 19.5. The zero-order chi connectivity index (χ0) is 27.9. The highest BCUT2D eigenvalue weighted by Crippen LogP contribution is 2.38. The average Bonchev–Trinajstić information content (AvgIpc) is 2.95. The van der Waals surface area contributed by atoms with Gasteiger partial charge in [-0.25, -0.2) is 8.78 Å². The van der Waals surface area contributed by atoms with Gasteiger partial charge in [-0.3, -0.25) is 4.98 Å². The van der Waals surface area contributed by atoms with Crippen LogP contribution >= 0.6 is 11.9 Å². The Kier molecular flexibility index (Phi) is 9.23. The van der Waals surface area contributed by atoms with Crippen LogP contribution in [0.25, 0.3) is 10.9 Å². The summed E-state index contributed by atoms with van der Waals surface area (Å²) in [4.78, 5) is 7.65. The van der Waals surface area contributed by atoms with E-state index in [-0.39, 0.29) is 11.6 Å². The topological polar surface area (TPSA) is 55.9 Å². The zero-order valence-electron chi connectivity index (χ0n) is 22.7. The molecule has 0 spiro atoms. The van der Waals surface area contributed by atoms with Gasteiger partial charge in [-0.15, -0.1) is 0 Å². The van der Waals surface area contributed by atoms with Crippen LogP contribution in [0, 0.1) is 17.6 Å². The molecule has 1 atom stereocenters. The Bertz CT molecular complexity index is 1460. The molecule has 0 saturated carbocycles. The van der Waals surface area contributed by atoms with Crippen molar-refractivity contribution < 1.29 is 23.0 Å². The normalized spacial score (nSPS) is 15.7. The Morgan fingerprint density at radius 3 is 2.73 bits per heavy atom. The number of aromatic nitrogens is 1.